The molecule has 0 aliphatic rings. The lowest BCUT2D eigenvalue weighted by molar-refractivity contribution is 0.0937. The molecule has 136 valence electrons. The van der Waals surface area contributed by atoms with E-state index in [1.54, 1.807) is 42.5 Å². The third kappa shape index (κ3) is 3.84. The molecule has 1 atom stereocenters. The molecule has 0 saturated carbocycles. The van der Waals surface area contributed by atoms with Crippen LogP contribution in [0.5, 0.6) is 0 Å². The summed E-state index contributed by atoms with van der Waals surface area (Å²) in [6, 6.07) is 12.2. The van der Waals surface area contributed by atoms with E-state index < -0.39 is 0 Å². The number of likely N-dealkylation sites (N-methyl/N-ethyl adjacent to an activating group) is 1. The molecule has 0 fully saturated rings. The maximum atomic E-state index is 14.0. The molecule has 1 N–H and O–H groups in total. The van der Waals surface area contributed by atoms with Crippen molar-refractivity contribution in [1.82, 2.24) is 20.0 Å². The molecular weight excluding hydrogens is 351 g/mol. The molecule has 5 nitrogen and oxygen atoms in total. The first-order chi connectivity index (χ1) is 12.5. The molecule has 0 bridgehead atoms. The van der Waals surface area contributed by atoms with Crippen LogP contribution in [-0.2, 0) is 0 Å². The maximum absolute atomic E-state index is 14.0. The van der Waals surface area contributed by atoms with Crippen LogP contribution in [0.2, 0.25) is 0 Å². The number of nitrogens with one attached hydrogen (secondary N) is 1. The summed E-state index contributed by atoms with van der Waals surface area (Å²) < 4.78 is 15.5. The van der Waals surface area contributed by atoms with Gasteiger partial charge in [0.1, 0.15) is 11.5 Å². The van der Waals surface area contributed by atoms with Crippen molar-refractivity contribution < 1.29 is 9.18 Å². The fraction of sp³-hybridized carbons (Fsp3) is 0.263. The van der Waals surface area contributed by atoms with E-state index in [2.05, 4.69) is 21.4 Å². The number of halogens is 1. The predicted octanol–water partition coefficient (Wildman–Crippen LogP) is 3.41. The molecule has 1 unspecified atom stereocenters. The fourth-order valence-electron chi connectivity index (χ4n) is 2.75. The Kier molecular flexibility index (Phi) is 5.49. The summed E-state index contributed by atoms with van der Waals surface area (Å²) in [5.41, 5.74) is 1.30. The monoisotopic (exact) mass is 372 g/mol. The van der Waals surface area contributed by atoms with Crippen LogP contribution in [0, 0.1) is 12.7 Å². The molecule has 2 aromatic heterocycles. The van der Waals surface area contributed by atoms with E-state index >= 15 is 0 Å². The first kappa shape index (κ1) is 18.3. The normalized spacial score (nSPS) is 12.3. The summed E-state index contributed by atoms with van der Waals surface area (Å²) in [6.07, 6.45) is 0. The van der Waals surface area contributed by atoms with Crippen molar-refractivity contribution in [1.29, 1.82) is 0 Å². The molecule has 3 aromatic rings. The molecule has 7 heteroatoms. The van der Waals surface area contributed by atoms with E-state index in [0.717, 1.165) is 0 Å². The lowest BCUT2D eigenvalue weighted by atomic mass is 10.2. The fourth-order valence-corrected chi connectivity index (χ4v) is 3.67. The van der Waals surface area contributed by atoms with Crippen molar-refractivity contribution in [3.05, 3.63) is 69.9 Å². The number of aryl methyl sites for hydroxylation is 1. The Balaban J connectivity index is 1.75. The molecule has 0 aliphatic carbocycles. The first-order valence-electron chi connectivity index (χ1n) is 8.27. The van der Waals surface area contributed by atoms with Crippen molar-refractivity contribution in [3.8, 4) is 5.69 Å². The van der Waals surface area contributed by atoms with E-state index in [0.29, 0.717) is 17.9 Å². The number of para-hydroxylation sites is 1. The molecule has 0 saturated heterocycles. The van der Waals surface area contributed by atoms with Gasteiger partial charge in [0.05, 0.1) is 6.04 Å². The van der Waals surface area contributed by atoms with Crippen molar-refractivity contribution in [2.45, 2.75) is 13.0 Å². The summed E-state index contributed by atoms with van der Waals surface area (Å²) in [7, 11) is 3.96. The van der Waals surface area contributed by atoms with Crippen LogP contribution in [0.3, 0.4) is 0 Å². The Morgan fingerprint density at radius 2 is 2.08 bits per heavy atom. The number of benzene rings is 1. The first-order valence-corrected chi connectivity index (χ1v) is 9.15. The molecule has 0 spiro atoms. The maximum Gasteiger partial charge on any atom is 0.271 e. The topological polar surface area (TPSA) is 50.2 Å². The number of hydrogen-bond donors (Lipinski definition) is 1. The number of thiophene rings is 1. The zero-order chi connectivity index (χ0) is 18.7. The zero-order valence-corrected chi connectivity index (χ0v) is 15.8. The van der Waals surface area contributed by atoms with E-state index in [1.807, 2.05) is 25.5 Å². The Labute approximate surface area is 156 Å². The summed E-state index contributed by atoms with van der Waals surface area (Å²) in [4.78, 5) is 15.8. The average molecular weight is 372 g/mol. The van der Waals surface area contributed by atoms with Gasteiger partial charge in [0.25, 0.3) is 5.91 Å². The van der Waals surface area contributed by atoms with Crippen molar-refractivity contribution in [2.75, 3.05) is 20.6 Å². The smallest absolute Gasteiger partial charge is 0.271 e. The van der Waals surface area contributed by atoms with Gasteiger partial charge in [-0.1, -0.05) is 18.2 Å². The van der Waals surface area contributed by atoms with Crippen LogP contribution in [0.1, 0.15) is 27.1 Å². The quantitative estimate of drug-likeness (QED) is 0.721. The van der Waals surface area contributed by atoms with E-state index in [1.165, 1.54) is 15.6 Å². The standard InChI is InChI=1S/C19H21FN4OS/c1-13-11-15(22-24(13)16-8-5-4-7-14(16)20)19(25)21-12-17(23(2)3)18-9-6-10-26-18/h4-11,17H,12H2,1-3H3,(H,21,25). The van der Waals surface area contributed by atoms with Gasteiger partial charge >= 0.3 is 0 Å². The SMILES string of the molecule is Cc1cc(C(=O)NCC(c2cccs2)N(C)C)nn1-c1ccccc1F. The lowest BCUT2D eigenvalue weighted by Gasteiger charge is -2.23. The van der Waals surface area contributed by atoms with E-state index in [4.69, 9.17) is 0 Å². The minimum atomic E-state index is -0.379. The van der Waals surface area contributed by atoms with Crippen LogP contribution in [0.4, 0.5) is 4.39 Å². The van der Waals surface area contributed by atoms with Gasteiger partial charge in [-0.25, -0.2) is 9.07 Å². The number of nitrogens with zero attached hydrogens (tertiary/aromatic N) is 3. The summed E-state index contributed by atoms with van der Waals surface area (Å²) in [6.45, 7) is 2.27. The third-order valence-corrected chi connectivity index (χ3v) is 5.13. The van der Waals surface area contributed by atoms with Gasteiger partial charge in [0, 0.05) is 17.1 Å². The van der Waals surface area contributed by atoms with Crippen LogP contribution in [-0.4, -0.2) is 41.2 Å². The molecule has 0 radical (unpaired) electrons. The summed E-state index contributed by atoms with van der Waals surface area (Å²) >= 11 is 1.66. The lowest BCUT2D eigenvalue weighted by Crippen LogP contribution is -2.34. The number of amides is 1. The van der Waals surface area contributed by atoms with Crippen molar-refractivity contribution in [3.63, 3.8) is 0 Å². The second kappa shape index (κ2) is 7.80. The van der Waals surface area contributed by atoms with Gasteiger partial charge in [-0.05, 0) is 50.7 Å². The highest BCUT2D eigenvalue weighted by Gasteiger charge is 2.19. The molecule has 1 amide bonds. The van der Waals surface area contributed by atoms with Crippen LogP contribution >= 0.6 is 11.3 Å². The van der Waals surface area contributed by atoms with Crippen LogP contribution in [0.15, 0.2) is 47.8 Å². The minimum absolute atomic E-state index is 0.0914. The number of hydrogen-bond acceptors (Lipinski definition) is 4. The van der Waals surface area contributed by atoms with E-state index in [-0.39, 0.29) is 23.5 Å². The highest BCUT2D eigenvalue weighted by molar-refractivity contribution is 7.10. The number of rotatable bonds is 6. The average Bonchev–Trinajstić information content (AvgIpc) is 3.25. The number of carbonyl (C=O) groups is 1. The highest BCUT2D eigenvalue weighted by atomic mass is 32.1. The van der Waals surface area contributed by atoms with Gasteiger partial charge in [-0.15, -0.1) is 11.3 Å². The molecule has 1 aromatic carbocycles. The van der Waals surface area contributed by atoms with Gasteiger partial charge in [0.15, 0.2) is 5.69 Å². The Hall–Kier alpha value is -2.51. The van der Waals surface area contributed by atoms with Crippen molar-refractivity contribution >= 4 is 17.2 Å². The second-order valence-corrected chi connectivity index (χ2v) is 7.22. The second-order valence-electron chi connectivity index (χ2n) is 6.24. The third-order valence-electron chi connectivity index (χ3n) is 4.15. The van der Waals surface area contributed by atoms with Crippen molar-refractivity contribution in [2.24, 2.45) is 0 Å². The van der Waals surface area contributed by atoms with Gasteiger partial charge in [-0.3, -0.25) is 4.79 Å². The zero-order valence-electron chi connectivity index (χ0n) is 14.9. The van der Waals surface area contributed by atoms with Crippen LogP contribution < -0.4 is 5.32 Å². The van der Waals surface area contributed by atoms with E-state index in [9.17, 15) is 9.18 Å². The molecule has 2 heterocycles. The largest absolute Gasteiger partial charge is 0.349 e. The Morgan fingerprint density at radius 1 is 1.31 bits per heavy atom. The summed E-state index contributed by atoms with van der Waals surface area (Å²) in [5.74, 6) is -0.650. The van der Waals surface area contributed by atoms with Gasteiger partial charge in [-0.2, -0.15) is 5.10 Å². The number of carbonyl (C=O) groups excluding carboxylic acids is 1. The predicted molar refractivity (Wildman–Crippen MR) is 101 cm³/mol. The van der Waals surface area contributed by atoms with Crippen LogP contribution in [0.25, 0.3) is 5.69 Å². The highest BCUT2D eigenvalue weighted by Crippen LogP contribution is 2.22. The molecular formula is C19H21FN4OS. The Bertz CT molecular complexity index is 889. The van der Waals surface area contributed by atoms with Gasteiger partial charge in [0.2, 0.25) is 0 Å². The summed E-state index contributed by atoms with van der Waals surface area (Å²) in [5, 5.41) is 9.23. The number of aromatic nitrogens is 2. The molecule has 0 aliphatic heterocycles. The molecule has 26 heavy (non-hydrogen) atoms. The minimum Gasteiger partial charge on any atom is -0.349 e. The molecule has 3 rings (SSSR count). The Morgan fingerprint density at radius 3 is 2.73 bits per heavy atom. The van der Waals surface area contributed by atoms with Gasteiger partial charge < -0.3 is 10.2 Å².